The summed E-state index contributed by atoms with van der Waals surface area (Å²) in [5.74, 6) is -0.331. The third-order valence-electron chi connectivity index (χ3n) is 10.3. The van der Waals surface area contributed by atoms with E-state index in [9.17, 15) is 25.2 Å². The molecule has 5 unspecified atom stereocenters. The van der Waals surface area contributed by atoms with Gasteiger partial charge in [0.05, 0.1) is 24.4 Å². The van der Waals surface area contributed by atoms with Crippen molar-refractivity contribution in [3.63, 3.8) is 0 Å². The van der Waals surface area contributed by atoms with Gasteiger partial charge in [-0.15, -0.1) is 0 Å². The van der Waals surface area contributed by atoms with Crippen LogP contribution in [0.25, 0.3) is 0 Å². The Kier molecular flexibility index (Phi) is 5.79. The van der Waals surface area contributed by atoms with Crippen LogP contribution in [-0.4, -0.2) is 55.9 Å². The Labute approximate surface area is 179 Å². The zero-order valence-electron chi connectivity index (χ0n) is 18.6. The number of fused-ring (bicyclic) bond motifs is 5. The van der Waals surface area contributed by atoms with Crippen LogP contribution in [0.3, 0.4) is 0 Å². The van der Waals surface area contributed by atoms with E-state index in [0.717, 1.165) is 12.8 Å². The highest BCUT2D eigenvalue weighted by Crippen LogP contribution is 2.68. The van der Waals surface area contributed by atoms with Gasteiger partial charge in [0.2, 0.25) is 0 Å². The van der Waals surface area contributed by atoms with Gasteiger partial charge in [-0.05, 0) is 91.3 Å². The number of carbonyl (C=O) groups is 1. The molecule has 172 valence electrons. The first-order valence-corrected chi connectivity index (χ1v) is 12.0. The van der Waals surface area contributed by atoms with E-state index >= 15 is 0 Å². The van der Waals surface area contributed by atoms with E-state index in [4.69, 9.17) is 5.11 Å². The van der Waals surface area contributed by atoms with E-state index in [1.54, 1.807) is 0 Å². The second-order valence-corrected chi connectivity index (χ2v) is 11.5. The van der Waals surface area contributed by atoms with E-state index in [-0.39, 0.29) is 58.9 Å². The minimum Gasteiger partial charge on any atom is -0.481 e. The molecule has 0 aromatic rings. The van der Waals surface area contributed by atoms with Gasteiger partial charge in [0.1, 0.15) is 0 Å². The summed E-state index contributed by atoms with van der Waals surface area (Å²) in [6, 6.07) is 0. The Hall–Kier alpha value is -0.690. The molecule has 0 aliphatic heterocycles. The summed E-state index contributed by atoms with van der Waals surface area (Å²) in [7, 11) is 0. The number of aliphatic hydroxyl groups excluding tert-OH is 4. The van der Waals surface area contributed by atoms with Crippen LogP contribution in [0, 0.1) is 46.3 Å². The molecular formula is C24H40O6. The van der Waals surface area contributed by atoms with Gasteiger partial charge in [-0.3, -0.25) is 4.79 Å². The van der Waals surface area contributed by atoms with E-state index in [0.29, 0.717) is 32.1 Å². The minimum atomic E-state index is -0.798. The maximum atomic E-state index is 11.5. The molecule has 4 saturated carbocycles. The van der Waals surface area contributed by atoms with Crippen molar-refractivity contribution in [2.75, 3.05) is 0 Å². The van der Waals surface area contributed by atoms with Crippen LogP contribution in [0.1, 0.15) is 72.1 Å². The van der Waals surface area contributed by atoms with Crippen LogP contribution >= 0.6 is 0 Å². The molecule has 12 atom stereocenters. The lowest BCUT2D eigenvalue weighted by molar-refractivity contribution is -0.244. The lowest BCUT2D eigenvalue weighted by Gasteiger charge is -2.64. The molecule has 6 nitrogen and oxygen atoms in total. The highest BCUT2D eigenvalue weighted by atomic mass is 16.4. The Balaban J connectivity index is 1.65. The summed E-state index contributed by atoms with van der Waals surface area (Å²) < 4.78 is 0. The molecule has 0 heterocycles. The van der Waals surface area contributed by atoms with Crippen molar-refractivity contribution in [3.8, 4) is 0 Å². The fraction of sp³-hybridized carbons (Fsp3) is 0.958. The third kappa shape index (κ3) is 3.16. The van der Waals surface area contributed by atoms with Gasteiger partial charge in [-0.2, -0.15) is 0 Å². The van der Waals surface area contributed by atoms with Gasteiger partial charge < -0.3 is 25.5 Å². The average Bonchev–Trinajstić information content (AvgIpc) is 3.03. The zero-order chi connectivity index (χ0) is 22.0. The Morgan fingerprint density at radius 1 is 0.967 bits per heavy atom. The number of rotatable bonds is 4. The summed E-state index contributed by atoms with van der Waals surface area (Å²) in [6.45, 7) is 6.39. The largest absolute Gasteiger partial charge is 0.481 e. The van der Waals surface area contributed by atoms with Crippen LogP contribution < -0.4 is 0 Å². The van der Waals surface area contributed by atoms with Gasteiger partial charge in [0, 0.05) is 6.42 Å². The van der Waals surface area contributed by atoms with Gasteiger partial charge in [-0.25, -0.2) is 0 Å². The van der Waals surface area contributed by atoms with Crippen LogP contribution in [0.4, 0.5) is 0 Å². The predicted octanol–water partition coefficient (Wildman–Crippen LogP) is 2.42. The first-order valence-electron chi connectivity index (χ1n) is 12.0. The summed E-state index contributed by atoms with van der Waals surface area (Å²) in [6.07, 6.45) is 2.66. The van der Waals surface area contributed by atoms with Gasteiger partial charge in [0.15, 0.2) is 0 Å². The van der Waals surface area contributed by atoms with Crippen molar-refractivity contribution < 1.29 is 30.3 Å². The molecule has 0 bridgehead atoms. The first kappa shape index (κ1) is 22.5. The van der Waals surface area contributed by atoms with E-state index in [2.05, 4.69) is 20.8 Å². The standard InChI is InChI=1S/C24H40O6/c1-12(4-9-19(27)28)14-7-8-15-20-17(10-18(26)24(14,15)3)23(2)11-13(25)5-6-16(23)21(29)22(20)30/h12-18,20-22,25-26,29-30H,4-11H2,1-3H3,(H,27,28)/t12-,13?,14-,15+,16?,17+,18?,20+,21?,22?,23+,24-/m1/s1. The Bertz CT molecular complexity index is 668. The molecule has 0 aromatic heterocycles. The molecule has 5 N–H and O–H groups in total. The SMILES string of the molecule is C[C@H](CCC(=O)O)[C@H]1CC[C@H]2[C@@H]3C(O)C(O)C4CCC(O)C[C@]4(C)[C@H]3CC(O)[C@]12C. The lowest BCUT2D eigenvalue weighted by Crippen LogP contribution is -2.66. The number of carboxylic acids is 1. The number of carboxylic acid groups (broad SMARTS) is 1. The average molecular weight is 425 g/mol. The van der Waals surface area contributed by atoms with Gasteiger partial charge >= 0.3 is 5.97 Å². The zero-order valence-corrected chi connectivity index (χ0v) is 18.6. The Morgan fingerprint density at radius 3 is 2.30 bits per heavy atom. The van der Waals surface area contributed by atoms with E-state index < -0.39 is 24.3 Å². The minimum absolute atomic E-state index is 0.0413. The maximum Gasteiger partial charge on any atom is 0.303 e. The number of hydrogen-bond acceptors (Lipinski definition) is 5. The molecular weight excluding hydrogens is 384 g/mol. The second-order valence-electron chi connectivity index (χ2n) is 11.5. The first-order chi connectivity index (χ1) is 14.0. The molecule has 0 amide bonds. The molecule has 0 spiro atoms. The van der Waals surface area contributed by atoms with Crippen LogP contribution in [0.15, 0.2) is 0 Å². The van der Waals surface area contributed by atoms with Crippen LogP contribution in [0.5, 0.6) is 0 Å². The topological polar surface area (TPSA) is 118 Å². The quantitative estimate of drug-likeness (QED) is 0.473. The van der Waals surface area contributed by atoms with Crippen molar-refractivity contribution in [1.82, 2.24) is 0 Å². The molecule has 4 rings (SSSR count). The number of aliphatic carboxylic acids is 1. The number of aliphatic hydroxyl groups is 4. The molecule has 0 aromatic carbocycles. The summed E-state index contributed by atoms with van der Waals surface area (Å²) in [4.78, 5) is 11.1. The van der Waals surface area contributed by atoms with Crippen LogP contribution in [-0.2, 0) is 4.79 Å². The molecule has 0 saturated heterocycles. The van der Waals surface area contributed by atoms with Gasteiger partial charge in [0.25, 0.3) is 0 Å². The summed E-state index contributed by atoms with van der Waals surface area (Å²) in [5, 5.41) is 53.4. The fourth-order valence-corrected chi connectivity index (χ4v) is 8.84. The molecule has 6 heteroatoms. The normalized spacial score (nSPS) is 54.0. The third-order valence-corrected chi connectivity index (χ3v) is 10.3. The monoisotopic (exact) mass is 424 g/mol. The maximum absolute atomic E-state index is 11.5. The Morgan fingerprint density at radius 2 is 1.63 bits per heavy atom. The van der Waals surface area contributed by atoms with E-state index in [1.807, 2.05) is 0 Å². The predicted molar refractivity (Wildman–Crippen MR) is 111 cm³/mol. The van der Waals surface area contributed by atoms with Crippen molar-refractivity contribution in [1.29, 1.82) is 0 Å². The highest BCUT2D eigenvalue weighted by molar-refractivity contribution is 5.66. The molecule has 0 radical (unpaired) electrons. The highest BCUT2D eigenvalue weighted by Gasteiger charge is 2.67. The molecule has 30 heavy (non-hydrogen) atoms. The molecule has 4 fully saturated rings. The van der Waals surface area contributed by atoms with Gasteiger partial charge in [-0.1, -0.05) is 20.8 Å². The summed E-state index contributed by atoms with van der Waals surface area (Å²) in [5.41, 5.74) is -0.660. The fourth-order valence-electron chi connectivity index (χ4n) is 8.84. The second kappa shape index (κ2) is 7.72. The number of hydrogen-bond donors (Lipinski definition) is 5. The van der Waals surface area contributed by atoms with Crippen molar-refractivity contribution >= 4 is 5.97 Å². The van der Waals surface area contributed by atoms with Crippen molar-refractivity contribution in [3.05, 3.63) is 0 Å². The lowest BCUT2D eigenvalue weighted by atomic mass is 9.42. The van der Waals surface area contributed by atoms with Crippen LogP contribution in [0.2, 0.25) is 0 Å². The van der Waals surface area contributed by atoms with Crippen molar-refractivity contribution in [2.24, 2.45) is 46.3 Å². The molecule has 4 aliphatic rings. The molecule has 4 aliphatic carbocycles. The van der Waals surface area contributed by atoms with E-state index in [1.165, 1.54) is 0 Å². The summed E-state index contributed by atoms with van der Waals surface area (Å²) >= 11 is 0. The smallest absolute Gasteiger partial charge is 0.303 e. The van der Waals surface area contributed by atoms with Crippen molar-refractivity contribution in [2.45, 2.75) is 96.6 Å².